The number of hydrogen-bond donors (Lipinski definition) is 1. The van der Waals surface area contributed by atoms with E-state index in [1.165, 1.54) is 12.8 Å². The molecule has 1 saturated heterocycles. The summed E-state index contributed by atoms with van der Waals surface area (Å²) in [5, 5.41) is 3.53. The zero-order valence-electron chi connectivity index (χ0n) is 11.7. The number of anilines is 1. The van der Waals surface area contributed by atoms with Gasteiger partial charge in [0.15, 0.2) is 0 Å². The van der Waals surface area contributed by atoms with Gasteiger partial charge in [-0.05, 0) is 44.7 Å². The van der Waals surface area contributed by atoms with Gasteiger partial charge in [-0.25, -0.2) is 9.97 Å². The lowest BCUT2D eigenvalue weighted by Crippen LogP contribution is -2.42. The number of nitrogens with zero attached hydrogens (tertiary/aromatic N) is 3. The molecule has 18 heavy (non-hydrogen) atoms. The largest absolute Gasteiger partial charge is 0.341 e. The Morgan fingerprint density at radius 3 is 2.50 bits per heavy atom. The first-order valence-corrected chi connectivity index (χ1v) is 6.97. The summed E-state index contributed by atoms with van der Waals surface area (Å²) in [6.45, 7) is 9.70. The van der Waals surface area contributed by atoms with Crippen LogP contribution < -0.4 is 10.2 Å². The van der Waals surface area contributed by atoms with Gasteiger partial charge in [0, 0.05) is 31.5 Å². The third-order valence-electron chi connectivity index (χ3n) is 3.82. The highest BCUT2D eigenvalue weighted by molar-refractivity contribution is 5.30. The Balaban J connectivity index is 1.88. The second-order valence-corrected chi connectivity index (χ2v) is 5.23. The van der Waals surface area contributed by atoms with Crippen LogP contribution >= 0.6 is 0 Å². The molecule has 1 unspecified atom stereocenters. The molecule has 1 N–H and O–H groups in total. The van der Waals surface area contributed by atoms with Crippen LogP contribution in [-0.2, 0) is 0 Å². The van der Waals surface area contributed by atoms with E-state index in [1.807, 2.05) is 19.3 Å². The minimum Gasteiger partial charge on any atom is -0.341 e. The maximum absolute atomic E-state index is 4.41. The maximum Gasteiger partial charge on any atom is 0.225 e. The maximum atomic E-state index is 4.41. The van der Waals surface area contributed by atoms with Crippen molar-refractivity contribution in [1.82, 2.24) is 15.3 Å². The van der Waals surface area contributed by atoms with Crippen LogP contribution in [-0.4, -0.2) is 35.6 Å². The molecule has 0 spiro atoms. The monoisotopic (exact) mass is 248 g/mol. The first kappa shape index (κ1) is 13.3. The first-order valence-electron chi connectivity index (χ1n) is 6.97. The van der Waals surface area contributed by atoms with E-state index in [-0.39, 0.29) is 0 Å². The fourth-order valence-corrected chi connectivity index (χ4v) is 2.64. The minimum atomic E-state index is 0.621. The number of hydrogen-bond acceptors (Lipinski definition) is 4. The van der Waals surface area contributed by atoms with E-state index in [4.69, 9.17) is 0 Å². The summed E-state index contributed by atoms with van der Waals surface area (Å²) in [5.41, 5.74) is 1.12. The molecule has 0 saturated carbocycles. The summed E-state index contributed by atoms with van der Waals surface area (Å²) in [6.07, 6.45) is 6.25. The highest BCUT2D eigenvalue weighted by Crippen LogP contribution is 2.22. The zero-order chi connectivity index (χ0) is 13.0. The summed E-state index contributed by atoms with van der Waals surface area (Å²) in [4.78, 5) is 11.1. The van der Waals surface area contributed by atoms with E-state index >= 15 is 0 Å². The van der Waals surface area contributed by atoms with Gasteiger partial charge < -0.3 is 10.2 Å². The lowest BCUT2D eigenvalue weighted by molar-refractivity contribution is 0.313. The number of piperidine rings is 1. The number of aryl methyl sites for hydroxylation is 1. The Bertz CT molecular complexity index is 355. The van der Waals surface area contributed by atoms with E-state index < -0.39 is 0 Å². The summed E-state index contributed by atoms with van der Waals surface area (Å²) >= 11 is 0. The standard InChI is InChI=1S/C14H24N4/c1-4-15-12(3)13-5-7-18(8-6-13)14-16-9-11(2)10-17-14/h9-10,12-13,15H,4-8H2,1-3H3. The highest BCUT2D eigenvalue weighted by atomic mass is 15.2. The van der Waals surface area contributed by atoms with Gasteiger partial charge in [-0.1, -0.05) is 6.92 Å². The third-order valence-corrected chi connectivity index (χ3v) is 3.82. The molecule has 1 aliphatic heterocycles. The predicted molar refractivity (Wildman–Crippen MR) is 74.8 cm³/mol. The van der Waals surface area contributed by atoms with Crippen molar-refractivity contribution >= 4 is 5.95 Å². The second kappa shape index (κ2) is 6.14. The smallest absolute Gasteiger partial charge is 0.225 e. The summed E-state index contributed by atoms with van der Waals surface area (Å²) < 4.78 is 0. The van der Waals surface area contributed by atoms with Crippen LogP contribution in [0.5, 0.6) is 0 Å². The van der Waals surface area contributed by atoms with Crippen molar-refractivity contribution in [2.75, 3.05) is 24.5 Å². The molecule has 1 atom stereocenters. The van der Waals surface area contributed by atoms with Gasteiger partial charge in [-0.15, -0.1) is 0 Å². The quantitative estimate of drug-likeness (QED) is 0.885. The minimum absolute atomic E-state index is 0.621. The SMILES string of the molecule is CCNC(C)C1CCN(c2ncc(C)cn2)CC1. The second-order valence-electron chi connectivity index (χ2n) is 5.23. The van der Waals surface area contributed by atoms with Gasteiger partial charge in [-0.2, -0.15) is 0 Å². The molecule has 4 nitrogen and oxygen atoms in total. The Kier molecular flexibility index (Phi) is 4.53. The Hall–Kier alpha value is -1.16. The van der Waals surface area contributed by atoms with E-state index in [0.29, 0.717) is 6.04 Å². The van der Waals surface area contributed by atoms with E-state index in [0.717, 1.165) is 37.1 Å². The molecule has 0 radical (unpaired) electrons. The van der Waals surface area contributed by atoms with Crippen molar-refractivity contribution in [3.8, 4) is 0 Å². The predicted octanol–water partition coefficient (Wildman–Crippen LogP) is 2.00. The summed E-state index contributed by atoms with van der Waals surface area (Å²) in [7, 11) is 0. The van der Waals surface area contributed by atoms with Crippen LogP contribution in [0.4, 0.5) is 5.95 Å². The lowest BCUT2D eigenvalue weighted by atomic mass is 9.90. The van der Waals surface area contributed by atoms with Gasteiger partial charge in [0.05, 0.1) is 0 Å². The van der Waals surface area contributed by atoms with Crippen LogP contribution in [0.15, 0.2) is 12.4 Å². The Labute approximate surface area is 110 Å². The molecule has 1 aliphatic rings. The van der Waals surface area contributed by atoms with Gasteiger partial charge >= 0.3 is 0 Å². The Morgan fingerprint density at radius 2 is 1.94 bits per heavy atom. The fraction of sp³-hybridized carbons (Fsp3) is 0.714. The molecule has 1 fully saturated rings. The molecule has 2 heterocycles. The van der Waals surface area contributed by atoms with Crippen molar-refractivity contribution in [2.45, 2.75) is 39.7 Å². The molecule has 1 aromatic rings. The fourth-order valence-electron chi connectivity index (χ4n) is 2.64. The van der Waals surface area contributed by atoms with Crippen LogP contribution in [0.3, 0.4) is 0 Å². The lowest BCUT2D eigenvalue weighted by Gasteiger charge is -2.35. The molecule has 1 aromatic heterocycles. The van der Waals surface area contributed by atoms with Crippen LogP contribution in [0.25, 0.3) is 0 Å². The molecule has 0 aromatic carbocycles. The average Bonchev–Trinajstić information content (AvgIpc) is 2.40. The number of rotatable bonds is 4. The van der Waals surface area contributed by atoms with Crippen molar-refractivity contribution < 1.29 is 0 Å². The van der Waals surface area contributed by atoms with Gasteiger partial charge in [0.1, 0.15) is 0 Å². The van der Waals surface area contributed by atoms with Gasteiger partial charge in [-0.3, -0.25) is 0 Å². The van der Waals surface area contributed by atoms with Crippen molar-refractivity contribution in [1.29, 1.82) is 0 Å². The highest BCUT2D eigenvalue weighted by Gasteiger charge is 2.24. The van der Waals surface area contributed by atoms with E-state index in [2.05, 4.69) is 34.0 Å². The summed E-state index contributed by atoms with van der Waals surface area (Å²) in [6, 6.07) is 0.621. The van der Waals surface area contributed by atoms with E-state index in [1.54, 1.807) is 0 Å². The topological polar surface area (TPSA) is 41.0 Å². The van der Waals surface area contributed by atoms with E-state index in [9.17, 15) is 0 Å². The molecule has 4 heteroatoms. The summed E-state index contributed by atoms with van der Waals surface area (Å²) in [5.74, 6) is 1.67. The van der Waals surface area contributed by atoms with Crippen molar-refractivity contribution in [2.24, 2.45) is 5.92 Å². The molecular weight excluding hydrogens is 224 g/mol. The normalized spacial score (nSPS) is 18.9. The first-order chi connectivity index (χ1) is 8.70. The van der Waals surface area contributed by atoms with Crippen LogP contribution in [0.2, 0.25) is 0 Å². The van der Waals surface area contributed by atoms with Crippen LogP contribution in [0, 0.1) is 12.8 Å². The number of nitrogens with one attached hydrogen (secondary N) is 1. The molecule has 0 bridgehead atoms. The van der Waals surface area contributed by atoms with Crippen molar-refractivity contribution in [3.63, 3.8) is 0 Å². The molecule has 100 valence electrons. The number of aromatic nitrogens is 2. The molecule has 0 aliphatic carbocycles. The Morgan fingerprint density at radius 1 is 1.33 bits per heavy atom. The van der Waals surface area contributed by atoms with Gasteiger partial charge in [0.25, 0.3) is 0 Å². The average molecular weight is 248 g/mol. The zero-order valence-corrected chi connectivity index (χ0v) is 11.7. The molecule has 0 amide bonds. The molecular formula is C14H24N4. The van der Waals surface area contributed by atoms with Gasteiger partial charge in [0.2, 0.25) is 5.95 Å². The van der Waals surface area contributed by atoms with Crippen LogP contribution in [0.1, 0.15) is 32.3 Å². The van der Waals surface area contributed by atoms with Crippen molar-refractivity contribution in [3.05, 3.63) is 18.0 Å². The third kappa shape index (κ3) is 3.19. The molecule has 2 rings (SSSR count).